The Balaban J connectivity index is 2.27. The minimum Gasteiger partial charge on any atom is -0.393 e. The number of amides is 2. The predicted octanol–water partition coefficient (Wildman–Crippen LogP) is 1.91. The fraction of sp³-hybridized carbons (Fsp3) is 0.938. The summed E-state index contributed by atoms with van der Waals surface area (Å²) >= 11 is 0. The van der Waals surface area contributed by atoms with Gasteiger partial charge in [-0.3, -0.25) is 4.90 Å². The van der Waals surface area contributed by atoms with Crippen LogP contribution in [0.3, 0.4) is 0 Å². The molecule has 2 atom stereocenters. The molecule has 2 N–H and O–H groups in total. The van der Waals surface area contributed by atoms with Crippen molar-refractivity contribution >= 4 is 6.03 Å². The molecule has 0 heterocycles. The van der Waals surface area contributed by atoms with Crippen molar-refractivity contribution in [2.75, 3.05) is 33.2 Å². The Hall–Kier alpha value is -0.810. The minimum atomic E-state index is -0.245. The molecule has 0 aromatic heterocycles. The van der Waals surface area contributed by atoms with Crippen molar-refractivity contribution in [3.05, 3.63) is 0 Å². The molecule has 2 unspecified atom stereocenters. The lowest BCUT2D eigenvalue weighted by atomic mass is 9.86. The summed E-state index contributed by atoms with van der Waals surface area (Å²) in [5.74, 6) is 0.234. The van der Waals surface area contributed by atoms with Crippen molar-refractivity contribution in [1.82, 2.24) is 15.1 Å². The van der Waals surface area contributed by atoms with Crippen molar-refractivity contribution in [3.63, 3.8) is 0 Å². The molecule has 5 nitrogen and oxygen atoms in total. The molecule has 5 heteroatoms. The molecule has 0 aliphatic heterocycles. The van der Waals surface area contributed by atoms with E-state index in [1.165, 1.54) is 0 Å². The van der Waals surface area contributed by atoms with E-state index in [1.807, 2.05) is 7.05 Å². The molecule has 2 amide bonds. The number of likely N-dealkylation sites (N-methyl/N-ethyl adjacent to an activating group) is 1. The molecular formula is C16H33N3O2. The number of carbonyl (C=O) groups excluding carboxylic acids is 1. The summed E-state index contributed by atoms with van der Waals surface area (Å²) in [6, 6.07) is 0.467. The Morgan fingerprint density at radius 3 is 2.57 bits per heavy atom. The third kappa shape index (κ3) is 6.22. The molecule has 1 aliphatic rings. The van der Waals surface area contributed by atoms with Gasteiger partial charge >= 0.3 is 6.03 Å². The van der Waals surface area contributed by atoms with Gasteiger partial charge in [0.25, 0.3) is 0 Å². The zero-order chi connectivity index (χ0) is 15.8. The SMILES string of the molecule is CCN(CCNC(=O)N(C)CC1CCCCC1O)C(C)C. The normalized spacial score (nSPS) is 22.6. The Bertz CT molecular complexity index is 310. The third-order valence-electron chi connectivity index (χ3n) is 4.54. The first-order valence-corrected chi connectivity index (χ1v) is 8.36. The van der Waals surface area contributed by atoms with E-state index in [4.69, 9.17) is 0 Å². The standard InChI is InChI=1S/C16H33N3O2/c1-5-19(13(2)3)11-10-17-16(21)18(4)12-14-8-6-7-9-15(14)20/h13-15,20H,5-12H2,1-4H3,(H,17,21). The second-order valence-electron chi connectivity index (χ2n) is 6.45. The largest absolute Gasteiger partial charge is 0.393 e. The van der Waals surface area contributed by atoms with E-state index in [-0.39, 0.29) is 18.1 Å². The maximum absolute atomic E-state index is 12.1. The summed E-state index contributed by atoms with van der Waals surface area (Å²) < 4.78 is 0. The number of aliphatic hydroxyl groups is 1. The van der Waals surface area contributed by atoms with Gasteiger partial charge in [0.1, 0.15) is 0 Å². The number of hydrogen-bond donors (Lipinski definition) is 2. The summed E-state index contributed by atoms with van der Waals surface area (Å²) in [4.78, 5) is 16.1. The zero-order valence-electron chi connectivity index (χ0n) is 14.1. The number of aliphatic hydroxyl groups excluding tert-OH is 1. The average Bonchev–Trinajstić information content (AvgIpc) is 2.45. The molecule has 0 bridgehead atoms. The summed E-state index contributed by atoms with van der Waals surface area (Å²) in [7, 11) is 1.82. The van der Waals surface area contributed by atoms with Crippen molar-refractivity contribution in [2.45, 2.75) is 58.6 Å². The summed E-state index contributed by atoms with van der Waals surface area (Å²) in [6.07, 6.45) is 3.92. The average molecular weight is 299 g/mol. The number of urea groups is 1. The summed E-state index contributed by atoms with van der Waals surface area (Å²) in [5, 5.41) is 12.9. The van der Waals surface area contributed by atoms with Gasteiger partial charge in [-0.05, 0) is 33.2 Å². The van der Waals surface area contributed by atoms with Crippen LogP contribution >= 0.6 is 0 Å². The lowest BCUT2D eigenvalue weighted by Crippen LogP contribution is -2.45. The molecule has 0 aromatic carbocycles. The Morgan fingerprint density at radius 2 is 2.00 bits per heavy atom. The highest BCUT2D eigenvalue weighted by Crippen LogP contribution is 2.24. The highest BCUT2D eigenvalue weighted by molar-refractivity contribution is 5.73. The van der Waals surface area contributed by atoms with E-state index in [2.05, 4.69) is 31.0 Å². The fourth-order valence-corrected chi connectivity index (χ4v) is 3.06. The van der Waals surface area contributed by atoms with Gasteiger partial charge in [-0.25, -0.2) is 4.79 Å². The first kappa shape index (κ1) is 18.2. The predicted molar refractivity (Wildman–Crippen MR) is 86.4 cm³/mol. The lowest BCUT2D eigenvalue weighted by molar-refractivity contribution is 0.0564. The fourth-order valence-electron chi connectivity index (χ4n) is 3.06. The van der Waals surface area contributed by atoms with Crippen LogP contribution in [-0.4, -0.2) is 66.3 Å². The quantitative estimate of drug-likeness (QED) is 0.755. The molecule has 1 rings (SSSR count). The summed E-state index contributed by atoms with van der Waals surface area (Å²) in [6.45, 7) is 9.66. The number of hydrogen-bond acceptors (Lipinski definition) is 3. The molecule has 0 radical (unpaired) electrons. The molecule has 0 saturated heterocycles. The Labute approximate surface area is 129 Å². The van der Waals surface area contributed by atoms with Crippen molar-refractivity contribution in [1.29, 1.82) is 0 Å². The lowest BCUT2D eigenvalue weighted by Gasteiger charge is -2.31. The van der Waals surface area contributed by atoms with Crippen LogP contribution in [0.4, 0.5) is 4.79 Å². The van der Waals surface area contributed by atoms with Crippen LogP contribution in [0.2, 0.25) is 0 Å². The minimum absolute atomic E-state index is 0.0346. The Morgan fingerprint density at radius 1 is 1.33 bits per heavy atom. The van der Waals surface area contributed by atoms with E-state index in [9.17, 15) is 9.90 Å². The van der Waals surface area contributed by atoms with E-state index < -0.39 is 0 Å². The second kappa shape index (κ2) is 9.26. The van der Waals surface area contributed by atoms with Crippen molar-refractivity contribution in [2.24, 2.45) is 5.92 Å². The topological polar surface area (TPSA) is 55.8 Å². The molecule has 21 heavy (non-hydrogen) atoms. The maximum atomic E-state index is 12.1. The highest BCUT2D eigenvalue weighted by atomic mass is 16.3. The molecule has 0 spiro atoms. The van der Waals surface area contributed by atoms with Gasteiger partial charge in [0, 0.05) is 38.6 Å². The van der Waals surface area contributed by atoms with Crippen LogP contribution in [0, 0.1) is 5.92 Å². The van der Waals surface area contributed by atoms with E-state index in [0.29, 0.717) is 19.1 Å². The zero-order valence-corrected chi connectivity index (χ0v) is 14.1. The number of nitrogens with one attached hydrogen (secondary N) is 1. The highest BCUT2D eigenvalue weighted by Gasteiger charge is 2.25. The van der Waals surface area contributed by atoms with Crippen LogP contribution in [0.15, 0.2) is 0 Å². The molecule has 1 fully saturated rings. The van der Waals surface area contributed by atoms with Crippen LogP contribution in [0.1, 0.15) is 46.5 Å². The monoisotopic (exact) mass is 299 g/mol. The number of rotatable bonds is 7. The van der Waals surface area contributed by atoms with Crippen LogP contribution in [0.5, 0.6) is 0 Å². The van der Waals surface area contributed by atoms with Crippen molar-refractivity contribution < 1.29 is 9.90 Å². The third-order valence-corrected chi connectivity index (χ3v) is 4.54. The van der Waals surface area contributed by atoms with Gasteiger partial charge in [0.15, 0.2) is 0 Å². The molecular weight excluding hydrogens is 266 g/mol. The molecule has 0 aromatic rings. The van der Waals surface area contributed by atoms with Gasteiger partial charge in [-0.2, -0.15) is 0 Å². The van der Waals surface area contributed by atoms with Gasteiger partial charge < -0.3 is 15.3 Å². The molecule has 124 valence electrons. The first-order chi connectivity index (χ1) is 9.95. The van der Waals surface area contributed by atoms with Crippen LogP contribution < -0.4 is 5.32 Å². The van der Waals surface area contributed by atoms with E-state index in [1.54, 1.807) is 4.90 Å². The van der Waals surface area contributed by atoms with Gasteiger partial charge in [0.05, 0.1) is 6.10 Å². The number of nitrogens with zero attached hydrogens (tertiary/aromatic N) is 2. The maximum Gasteiger partial charge on any atom is 0.317 e. The van der Waals surface area contributed by atoms with Crippen LogP contribution in [0.25, 0.3) is 0 Å². The van der Waals surface area contributed by atoms with E-state index in [0.717, 1.165) is 38.8 Å². The van der Waals surface area contributed by atoms with Gasteiger partial charge in [-0.1, -0.05) is 19.8 Å². The molecule has 1 aliphatic carbocycles. The van der Waals surface area contributed by atoms with Gasteiger partial charge in [-0.15, -0.1) is 0 Å². The molecule has 1 saturated carbocycles. The number of carbonyl (C=O) groups is 1. The van der Waals surface area contributed by atoms with E-state index >= 15 is 0 Å². The second-order valence-corrected chi connectivity index (χ2v) is 6.45. The van der Waals surface area contributed by atoms with Crippen LogP contribution in [-0.2, 0) is 0 Å². The smallest absolute Gasteiger partial charge is 0.317 e. The first-order valence-electron chi connectivity index (χ1n) is 8.36. The van der Waals surface area contributed by atoms with Crippen molar-refractivity contribution in [3.8, 4) is 0 Å². The van der Waals surface area contributed by atoms with Gasteiger partial charge in [0.2, 0.25) is 0 Å². The Kier molecular flexibility index (Phi) is 8.04. The summed E-state index contributed by atoms with van der Waals surface area (Å²) in [5.41, 5.74) is 0.